The molecule has 0 fully saturated rings. The number of furan rings is 1. The van der Waals surface area contributed by atoms with Gasteiger partial charge in [-0.15, -0.1) is 0 Å². The van der Waals surface area contributed by atoms with Gasteiger partial charge in [-0.25, -0.2) is 4.99 Å². The number of nitrogens with zero attached hydrogens (tertiary/aromatic N) is 1. The van der Waals surface area contributed by atoms with Crippen molar-refractivity contribution in [2.75, 3.05) is 13.7 Å². The Morgan fingerprint density at radius 1 is 0.848 bits per heavy atom. The molecule has 0 aliphatic carbocycles. The minimum atomic E-state index is 0.558. The highest BCUT2D eigenvalue weighted by atomic mass is 16.5. The fourth-order valence-electron chi connectivity index (χ4n) is 3.99. The summed E-state index contributed by atoms with van der Waals surface area (Å²) in [7, 11) is 1.68. The lowest BCUT2D eigenvalue weighted by Gasteiger charge is -2.04. The van der Waals surface area contributed by atoms with Gasteiger partial charge in [-0.3, -0.25) is 0 Å². The van der Waals surface area contributed by atoms with E-state index in [1.54, 1.807) is 7.11 Å². The van der Waals surface area contributed by atoms with Crippen LogP contribution in [0.15, 0.2) is 70.1 Å². The molecule has 0 aliphatic rings. The second-order valence-electron chi connectivity index (χ2n) is 7.96. The number of methoxy groups -OCH3 is 1. The van der Waals surface area contributed by atoms with Gasteiger partial charge < -0.3 is 13.9 Å². The van der Waals surface area contributed by atoms with Gasteiger partial charge in [-0.2, -0.15) is 0 Å². The SMILES string of the molecule is CCOc1cc(C=Cc2ccccc2OC)cc(=Nc2ccc(C)cc2)c2c(C)oc(C)c12. The second kappa shape index (κ2) is 9.78. The number of hydrogen-bond donors (Lipinski definition) is 0. The van der Waals surface area contributed by atoms with Gasteiger partial charge in [0.05, 0.1) is 35.5 Å². The third kappa shape index (κ3) is 4.85. The van der Waals surface area contributed by atoms with Crippen molar-refractivity contribution in [2.45, 2.75) is 27.7 Å². The van der Waals surface area contributed by atoms with Crippen LogP contribution < -0.4 is 14.8 Å². The molecule has 0 bridgehead atoms. The summed E-state index contributed by atoms with van der Waals surface area (Å²) in [6.45, 7) is 8.57. The maximum atomic E-state index is 6.07. The van der Waals surface area contributed by atoms with Crippen molar-refractivity contribution in [1.82, 2.24) is 0 Å². The van der Waals surface area contributed by atoms with Crippen LogP contribution in [0, 0.1) is 20.8 Å². The van der Waals surface area contributed by atoms with Gasteiger partial charge in [0.15, 0.2) is 0 Å². The Morgan fingerprint density at radius 3 is 2.30 bits per heavy atom. The monoisotopic (exact) mass is 439 g/mol. The van der Waals surface area contributed by atoms with E-state index in [-0.39, 0.29) is 0 Å². The van der Waals surface area contributed by atoms with Gasteiger partial charge in [0.25, 0.3) is 0 Å². The lowest BCUT2D eigenvalue weighted by molar-refractivity contribution is 0.344. The number of para-hydroxylation sites is 1. The first-order chi connectivity index (χ1) is 16.0. The van der Waals surface area contributed by atoms with Crippen LogP contribution >= 0.6 is 0 Å². The summed E-state index contributed by atoms with van der Waals surface area (Å²) in [5, 5.41) is 2.76. The Bertz CT molecular complexity index is 1380. The van der Waals surface area contributed by atoms with Crippen LogP contribution in [-0.2, 0) is 0 Å². The van der Waals surface area contributed by atoms with E-state index in [0.717, 1.165) is 56.0 Å². The summed E-state index contributed by atoms with van der Waals surface area (Å²) in [5.41, 5.74) is 4.07. The zero-order valence-electron chi connectivity index (χ0n) is 19.8. The largest absolute Gasteiger partial charge is 0.496 e. The van der Waals surface area contributed by atoms with Crippen molar-refractivity contribution in [3.63, 3.8) is 0 Å². The molecule has 0 radical (unpaired) electrons. The smallest absolute Gasteiger partial charge is 0.131 e. The van der Waals surface area contributed by atoms with E-state index < -0.39 is 0 Å². The summed E-state index contributed by atoms with van der Waals surface area (Å²) in [6, 6.07) is 20.3. The molecule has 0 saturated carbocycles. The molecule has 3 aromatic carbocycles. The molecule has 33 heavy (non-hydrogen) atoms. The minimum absolute atomic E-state index is 0.558. The van der Waals surface area contributed by atoms with Crippen LogP contribution in [0.5, 0.6) is 11.5 Å². The minimum Gasteiger partial charge on any atom is -0.496 e. The zero-order valence-corrected chi connectivity index (χ0v) is 19.8. The van der Waals surface area contributed by atoms with E-state index in [1.807, 2.05) is 69.3 Å². The van der Waals surface area contributed by atoms with Crippen molar-refractivity contribution < 1.29 is 13.9 Å². The Balaban J connectivity index is 1.99. The van der Waals surface area contributed by atoms with Crippen LogP contribution in [-0.4, -0.2) is 13.7 Å². The lowest BCUT2D eigenvalue weighted by Crippen LogP contribution is -2.00. The van der Waals surface area contributed by atoms with Gasteiger partial charge in [0.2, 0.25) is 0 Å². The van der Waals surface area contributed by atoms with Crippen molar-refractivity contribution in [1.29, 1.82) is 0 Å². The Morgan fingerprint density at radius 2 is 1.58 bits per heavy atom. The van der Waals surface area contributed by atoms with Crippen LogP contribution in [0.3, 0.4) is 0 Å². The number of ether oxygens (including phenoxy) is 2. The molecular formula is C29H29NO3. The predicted molar refractivity (Wildman–Crippen MR) is 135 cm³/mol. The fraction of sp³-hybridized carbons (Fsp3) is 0.207. The van der Waals surface area contributed by atoms with Gasteiger partial charge in [0, 0.05) is 5.56 Å². The topological polar surface area (TPSA) is 44.0 Å². The number of aryl methyl sites for hydroxylation is 3. The summed E-state index contributed by atoms with van der Waals surface area (Å²) in [6.07, 6.45) is 4.11. The number of benzene rings is 2. The van der Waals surface area contributed by atoms with E-state index >= 15 is 0 Å². The van der Waals surface area contributed by atoms with Crippen LogP contribution in [0.4, 0.5) is 5.69 Å². The molecular weight excluding hydrogens is 410 g/mol. The highest BCUT2D eigenvalue weighted by Gasteiger charge is 2.14. The normalized spacial score (nSPS) is 12.0. The molecule has 4 rings (SSSR count). The Hall–Kier alpha value is -3.79. The van der Waals surface area contributed by atoms with E-state index in [4.69, 9.17) is 18.9 Å². The van der Waals surface area contributed by atoms with Crippen molar-refractivity contribution in [3.8, 4) is 11.5 Å². The number of fused-ring (bicyclic) bond motifs is 1. The molecule has 0 saturated heterocycles. The maximum Gasteiger partial charge on any atom is 0.131 e. The van der Waals surface area contributed by atoms with Crippen LogP contribution in [0.1, 0.15) is 35.1 Å². The fourth-order valence-corrected chi connectivity index (χ4v) is 3.99. The van der Waals surface area contributed by atoms with Crippen molar-refractivity contribution >= 4 is 28.6 Å². The second-order valence-corrected chi connectivity index (χ2v) is 7.96. The van der Waals surface area contributed by atoms with E-state index in [2.05, 4.69) is 31.2 Å². The lowest BCUT2D eigenvalue weighted by atomic mass is 10.1. The third-order valence-electron chi connectivity index (χ3n) is 5.54. The Labute approximate surface area is 194 Å². The summed E-state index contributed by atoms with van der Waals surface area (Å²) >= 11 is 0. The average molecular weight is 440 g/mol. The first-order valence-corrected chi connectivity index (χ1v) is 11.1. The van der Waals surface area contributed by atoms with Crippen molar-refractivity contribution in [2.24, 2.45) is 4.99 Å². The first-order valence-electron chi connectivity index (χ1n) is 11.1. The molecule has 0 spiro atoms. The molecule has 4 heteroatoms. The molecule has 1 aromatic heterocycles. The summed E-state index contributed by atoms with van der Waals surface area (Å²) in [4.78, 5) is 5.00. The molecule has 4 aromatic rings. The summed E-state index contributed by atoms with van der Waals surface area (Å²) < 4.78 is 17.6. The molecule has 1 heterocycles. The maximum absolute atomic E-state index is 6.07. The van der Waals surface area contributed by atoms with Gasteiger partial charge in [0.1, 0.15) is 23.0 Å². The molecule has 4 nitrogen and oxygen atoms in total. The molecule has 0 aliphatic heterocycles. The molecule has 0 unspecified atom stereocenters. The molecule has 0 N–H and O–H groups in total. The van der Waals surface area contributed by atoms with Gasteiger partial charge in [-0.1, -0.05) is 48.0 Å². The predicted octanol–water partition coefficient (Wildman–Crippen LogP) is 7.17. The van der Waals surface area contributed by atoms with E-state index in [1.165, 1.54) is 5.56 Å². The first kappa shape index (κ1) is 22.4. The van der Waals surface area contributed by atoms with Gasteiger partial charge in [-0.05, 0) is 63.6 Å². The molecule has 0 atom stereocenters. The quantitative estimate of drug-likeness (QED) is 0.320. The third-order valence-corrected chi connectivity index (χ3v) is 5.54. The van der Waals surface area contributed by atoms with E-state index in [9.17, 15) is 0 Å². The zero-order chi connectivity index (χ0) is 23.4. The van der Waals surface area contributed by atoms with Crippen molar-refractivity contribution in [3.05, 3.63) is 94.2 Å². The molecule has 168 valence electrons. The van der Waals surface area contributed by atoms with Crippen LogP contribution in [0.25, 0.3) is 22.9 Å². The molecule has 0 amide bonds. The number of rotatable bonds is 6. The highest BCUT2D eigenvalue weighted by molar-refractivity contribution is 5.92. The number of hydrogen-bond acceptors (Lipinski definition) is 4. The van der Waals surface area contributed by atoms with Crippen LogP contribution in [0.2, 0.25) is 0 Å². The summed E-state index contributed by atoms with van der Waals surface area (Å²) in [5.74, 6) is 3.26. The highest BCUT2D eigenvalue weighted by Crippen LogP contribution is 2.32. The van der Waals surface area contributed by atoms with Gasteiger partial charge >= 0.3 is 0 Å². The van der Waals surface area contributed by atoms with E-state index in [0.29, 0.717) is 6.61 Å². The standard InChI is InChI=1S/C29H29NO3/c1-6-32-27-18-22(13-14-23-9-7-8-10-26(23)31-5)17-25(28-20(3)33-21(4)29(27)28)30-24-15-11-19(2)12-16-24/h7-18H,6H2,1-5H3. The Kier molecular flexibility index (Phi) is 6.64. The average Bonchev–Trinajstić information content (AvgIpc) is 3.01.